The number of para-hydroxylation sites is 2. The van der Waals surface area contributed by atoms with Crippen LogP contribution >= 0.6 is 0 Å². The minimum absolute atomic E-state index is 0.132. The van der Waals surface area contributed by atoms with Crippen LogP contribution < -0.4 is 27.6 Å². The SMILES string of the molecule is N#Cc1cc(N)c(-c2ccc(C3=CC4=C(C(=N)C3NNc3ccccc3)c3ccccc3NC4c3ccccc3)cc2)c(N)c1. The van der Waals surface area contributed by atoms with Crippen molar-refractivity contribution in [3.8, 4) is 17.2 Å². The number of nitrogens with one attached hydrogen (secondary N) is 4. The molecule has 5 aromatic rings. The zero-order chi connectivity index (χ0) is 30.9. The van der Waals surface area contributed by atoms with E-state index < -0.39 is 6.04 Å². The lowest BCUT2D eigenvalue weighted by atomic mass is 9.75. The summed E-state index contributed by atoms with van der Waals surface area (Å²) in [4.78, 5) is 0. The van der Waals surface area contributed by atoms with Crippen molar-refractivity contribution in [2.75, 3.05) is 22.2 Å². The fraction of sp³-hybridized carbons (Fsp3) is 0.0526. The average Bonchev–Trinajstić information content (AvgIpc) is 3.08. The van der Waals surface area contributed by atoms with E-state index in [9.17, 15) is 10.7 Å². The van der Waals surface area contributed by atoms with Gasteiger partial charge >= 0.3 is 0 Å². The molecule has 2 atom stereocenters. The van der Waals surface area contributed by atoms with Gasteiger partial charge in [-0.25, -0.2) is 5.43 Å². The van der Waals surface area contributed by atoms with E-state index in [0.29, 0.717) is 28.2 Å². The molecule has 8 N–H and O–H groups in total. The topological polar surface area (TPSA) is 136 Å². The molecule has 45 heavy (non-hydrogen) atoms. The average molecular weight is 586 g/mol. The van der Waals surface area contributed by atoms with Gasteiger partial charge in [-0.05, 0) is 58.2 Å². The first kappa shape index (κ1) is 27.7. The molecule has 1 heterocycles. The molecule has 0 spiro atoms. The van der Waals surface area contributed by atoms with Crippen LogP contribution in [0.25, 0.3) is 22.3 Å². The molecule has 7 nitrogen and oxygen atoms in total. The fourth-order valence-electron chi connectivity index (χ4n) is 6.27. The number of hydrazine groups is 1. The van der Waals surface area contributed by atoms with Gasteiger partial charge in [0.05, 0.1) is 29.4 Å². The van der Waals surface area contributed by atoms with Crippen LogP contribution in [-0.2, 0) is 0 Å². The van der Waals surface area contributed by atoms with Crippen LogP contribution in [0.3, 0.4) is 0 Å². The third kappa shape index (κ3) is 5.10. The number of nitrogens with two attached hydrogens (primary N) is 2. The number of hydrogen-bond acceptors (Lipinski definition) is 7. The van der Waals surface area contributed by atoms with Crippen molar-refractivity contribution < 1.29 is 0 Å². The van der Waals surface area contributed by atoms with Gasteiger partial charge in [0, 0.05) is 39.4 Å². The van der Waals surface area contributed by atoms with Gasteiger partial charge in [-0.2, -0.15) is 5.26 Å². The number of hydrogen-bond donors (Lipinski definition) is 6. The lowest BCUT2D eigenvalue weighted by Gasteiger charge is -2.38. The first-order valence-electron chi connectivity index (χ1n) is 14.7. The predicted molar refractivity (Wildman–Crippen MR) is 184 cm³/mol. The summed E-state index contributed by atoms with van der Waals surface area (Å²) in [5.41, 5.74) is 30.7. The maximum absolute atomic E-state index is 9.68. The van der Waals surface area contributed by atoms with Crippen molar-refractivity contribution in [3.63, 3.8) is 0 Å². The fourth-order valence-corrected chi connectivity index (χ4v) is 6.27. The zero-order valence-electron chi connectivity index (χ0n) is 24.4. The van der Waals surface area contributed by atoms with Gasteiger partial charge in [0.25, 0.3) is 0 Å². The molecule has 2 aliphatic rings. The highest BCUT2D eigenvalue weighted by Crippen LogP contribution is 2.46. The van der Waals surface area contributed by atoms with Crippen molar-refractivity contribution in [1.82, 2.24) is 5.43 Å². The van der Waals surface area contributed by atoms with Crippen molar-refractivity contribution >= 4 is 39.6 Å². The van der Waals surface area contributed by atoms with Crippen molar-refractivity contribution in [2.45, 2.75) is 12.1 Å². The summed E-state index contributed by atoms with van der Waals surface area (Å²) in [6, 6.07) is 41.3. The number of nitrogen functional groups attached to an aromatic ring is 2. The summed E-state index contributed by atoms with van der Waals surface area (Å²) < 4.78 is 0. The Morgan fingerprint density at radius 3 is 2.07 bits per heavy atom. The molecule has 0 radical (unpaired) electrons. The second-order valence-corrected chi connectivity index (χ2v) is 11.2. The van der Waals surface area contributed by atoms with Gasteiger partial charge in [0.15, 0.2) is 0 Å². The van der Waals surface area contributed by atoms with Crippen molar-refractivity contribution in [3.05, 3.63) is 155 Å². The Labute approximate surface area is 262 Å². The molecule has 0 saturated carbocycles. The van der Waals surface area contributed by atoms with Crippen LogP contribution in [-0.4, -0.2) is 11.8 Å². The van der Waals surface area contributed by atoms with Crippen LogP contribution in [0.2, 0.25) is 0 Å². The maximum Gasteiger partial charge on any atom is 0.0993 e. The van der Waals surface area contributed by atoms with E-state index in [-0.39, 0.29) is 6.04 Å². The van der Waals surface area contributed by atoms with E-state index in [1.54, 1.807) is 12.1 Å². The van der Waals surface area contributed by atoms with Crippen LogP contribution in [0.1, 0.15) is 28.3 Å². The molecule has 1 aliphatic carbocycles. The smallest absolute Gasteiger partial charge is 0.0993 e. The molecule has 0 bridgehead atoms. The van der Waals surface area contributed by atoms with E-state index in [1.165, 1.54) is 0 Å². The molecule has 218 valence electrons. The molecule has 1 aliphatic heterocycles. The van der Waals surface area contributed by atoms with Crippen molar-refractivity contribution in [1.29, 1.82) is 10.7 Å². The van der Waals surface area contributed by atoms with Crippen molar-refractivity contribution in [2.24, 2.45) is 0 Å². The quantitative estimate of drug-likeness (QED) is 0.0907. The Bertz CT molecular complexity index is 2000. The Kier molecular flexibility index (Phi) is 7.10. The maximum atomic E-state index is 9.68. The molecule has 5 aromatic carbocycles. The Morgan fingerprint density at radius 1 is 0.756 bits per heavy atom. The molecule has 0 saturated heterocycles. The number of fused-ring (bicyclic) bond motifs is 2. The minimum Gasteiger partial charge on any atom is -0.398 e. The molecule has 7 heteroatoms. The summed E-state index contributed by atoms with van der Waals surface area (Å²) in [5.74, 6) is 0. The van der Waals surface area contributed by atoms with Gasteiger partial charge in [0.1, 0.15) is 0 Å². The van der Waals surface area contributed by atoms with Crippen LogP contribution in [0.5, 0.6) is 0 Å². The third-order valence-corrected chi connectivity index (χ3v) is 8.38. The van der Waals surface area contributed by atoms with E-state index in [1.807, 2.05) is 84.9 Å². The summed E-state index contributed by atoms with van der Waals surface area (Å²) in [6.07, 6.45) is 2.22. The number of rotatable bonds is 6. The van der Waals surface area contributed by atoms with E-state index in [0.717, 1.165) is 50.3 Å². The summed E-state index contributed by atoms with van der Waals surface area (Å²) in [7, 11) is 0. The van der Waals surface area contributed by atoms with E-state index in [4.69, 9.17) is 11.5 Å². The molecular formula is C38H31N7. The molecule has 2 unspecified atom stereocenters. The highest BCUT2D eigenvalue weighted by atomic mass is 15.4. The number of anilines is 4. The Morgan fingerprint density at radius 2 is 1.38 bits per heavy atom. The number of benzene rings is 5. The predicted octanol–water partition coefficient (Wildman–Crippen LogP) is 7.41. The van der Waals surface area contributed by atoms with E-state index >= 15 is 0 Å². The normalized spacial score (nSPS) is 17.0. The molecular weight excluding hydrogens is 554 g/mol. The number of nitrogens with zero attached hydrogens (tertiary/aromatic N) is 1. The summed E-state index contributed by atoms with van der Waals surface area (Å²) >= 11 is 0. The standard InChI is InChI=1S/C38H31N7/c39-22-23-19-31(40)34(32(41)20-23)25-17-15-24(16-18-25)29-21-30-35(36(42)38(29)45-44-27-11-5-2-6-12-27)28-13-7-8-14-33(28)43-37(30)26-9-3-1-4-10-26/h1-21,37-38,42-45H,40-41H2. The molecule has 0 amide bonds. The van der Waals surface area contributed by atoms with Gasteiger partial charge in [-0.1, -0.05) is 97.1 Å². The van der Waals surface area contributed by atoms with Crippen LogP contribution in [0.15, 0.2) is 133 Å². The molecule has 0 fully saturated rings. The molecule has 0 aromatic heterocycles. The number of nitriles is 1. The van der Waals surface area contributed by atoms with Crippen LogP contribution in [0.4, 0.5) is 22.7 Å². The lowest BCUT2D eigenvalue weighted by molar-refractivity contribution is 0.810. The van der Waals surface area contributed by atoms with E-state index in [2.05, 4.69) is 52.6 Å². The van der Waals surface area contributed by atoms with Gasteiger partial charge in [-0.3, -0.25) is 0 Å². The van der Waals surface area contributed by atoms with Gasteiger partial charge < -0.3 is 27.6 Å². The summed E-state index contributed by atoms with van der Waals surface area (Å²) in [6.45, 7) is 0. The third-order valence-electron chi connectivity index (χ3n) is 8.38. The second-order valence-electron chi connectivity index (χ2n) is 11.2. The summed E-state index contributed by atoms with van der Waals surface area (Å²) in [5, 5.41) is 22.7. The lowest BCUT2D eigenvalue weighted by Crippen LogP contribution is -2.44. The second kappa shape index (κ2) is 11.5. The van der Waals surface area contributed by atoms with Gasteiger partial charge in [0.2, 0.25) is 0 Å². The highest BCUT2D eigenvalue weighted by Gasteiger charge is 2.37. The monoisotopic (exact) mass is 585 g/mol. The first-order chi connectivity index (χ1) is 22.0. The minimum atomic E-state index is -0.456. The Hall–Kier alpha value is -6.10. The Balaban J connectivity index is 1.36. The first-order valence-corrected chi connectivity index (χ1v) is 14.7. The highest BCUT2D eigenvalue weighted by molar-refractivity contribution is 6.32. The zero-order valence-corrected chi connectivity index (χ0v) is 24.4. The largest absolute Gasteiger partial charge is 0.398 e. The van der Waals surface area contributed by atoms with Crippen LogP contribution in [0, 0.1) is 16.7 Å². The molecule has 7 rings (SSSR count). The van der Waals surface area contributed by atoms with Gasteiger partial charge in [-0.15, -0.1) is 0 Å².